The molecule has 1 saturated carbocycles. The average Bonchev–Trinajstić information content (AvgIpc) is 2.50. The third-order valence-electron chi connectivity index (χ3n) is 5.56. The lowest BCUT2D eigenvalue weighted by atomic mass is 9.65. The van der Waals surface area contributed by atoms with E-state index in [1.807, 2.05) is 13.8 Å². The summed E-state index contributed by atoms with van der Waals surface area (Å²) >= 11 is 0. The van der Waals surface area contributed by atoms with Crippen LogP contribution < -0.4 is 5.32 Å². The van der Waals surface area contributed by atoms with Gasteiger partial charge < -0.3 is 15.0 Å². The number of hydrogen-bond donors (Lipinski definition) is 1. The highest BCUT2D eigenvalue weighted by Gasteiger charge is 2.39. The van der Waals surface area contributed by atoms with Crippen LogP contribution in [0.2, 0.25) is 0 Å². The quantitative estimate of drug-likeness (QED) is 0.606. The first kappa shape index (κ1) is 17.5. The van der Waals surface area contributed by atoms with Crippen molar-refractivity contribution in [1.82, 2.24) is 10.2 Å². The van der Waals surface area contributed by atoms with Gasteiger partial charge in [-0.15, -0.1) is 0 Å². The first-order chi connectivity index (χ1) is 10.5. The van der Waals surface area contributed by atoms with Gasteiger partial charge in [-0.2, -0.15) is 0 Å². The zero-order valence-electron chi connectivity index (χ0n) is 14.3. The van der Waals surface area contributed by atoms with Crippen molar-refractivity contribution in [1.29, 1.82) is 0 Å². The number of carbonyl (C=O) groups excluding carboxylic acids is 2. The molecule has 4 heteroatoms. The molecule has 1 spiro atoms. The Kier molecular flexibility index (Phi) is 6.42. The van der Waals surface area contributed by atoms with E-state index in [2.05, 4.69) is 10.2 Å². The highest BCUT2D eigenvalue weighted by molar-refractivity contribution is 5.78. The van der Waals surface area contributed by atoms with Crippen molar-refractivity contribution in [3.05, 3.63) is 0 Å². The van der Waals surface area contributed by atoms with Gasteiger partial charge in [0.25, 0.3) is 0 Å². The number of nitrogens with one attached hydrogen (secondary N) is 1. The van der Waals surface area contributed by atoms with Crippen molar-refractivity contribution in [2.45, 2.75) is 71.3 Å². The second-order valence-corrected chi connectivity index (χ2v) is 7.59. The summed E-state index contributed by atoms with van der Waals surface area (Å²) in [7, 11) is 0. The van der Waals surface area contributed by atoms with Crippen LogP contribution in [0.1, 0.15) is 65.2 Å². The van der Waals surface area contributed by atoms with E-state index in [9.17, 15) is 9.59 Å². The number of likely N-dealkylation sites (tertiary alicyclic amines) is 1. The van der Waals surface area contributed by atoms with Crippen molar-refractivity contribution in [2.75, 3.05) is 19.6 Å². The number of nitrogens with zero attached hydrogens (tertiary/aromatic N) is 1. The van der Waals surface area contributed by atoms with Crippen molar-refractivity contribution in [3.63, 3.8) is 0 Å². The highest BCUT2D eigenvalue weighted by Crippen LogP contribution is 2.46. The Morgan fingerprint density at radius 3 is 2.41 bits per heavy atom. The zero-order valence-corrected chi connectivity index (χ0v) is 14.3. The molecule has 0 unspecified atom stereocenters. The number of rotatable bonds is 6. The van der Waals surface area contributed by atoms with Crippen LogP contribution in [0.15, 0.2) is 0 Å². The monoisotopic (exact) mass is 308 g/mol. The molecule has 0 aromatic carbocycles. The minimum Gasteiger partial charge on any atom is -0.354 e. The summed E-state index contributed by atoms with van der Waals surface area (Å²) in [5, 5.41) is 3.06. The Labute approximate surface area is 135 Å². The van der Waals surface area contributed by atoms with E-state index in [4.69, 9.17) is 0 Å². The minimum atomic E-state index is 0.235. The number of aldehydes is 1. The van der Waals surface area contributed by atoms with E-state index in [0.717, 1.165) is 32.1 Å². The van der Waals surface area contributed by atoms with Gasteiger partial charge in [-0.1, -0.05) is 0 Å². The molecule has 0 aromatic rings. The Morgan fingerprint density at radius 1 is 1.23 bits per heavy atom. The van der Waals surface area contributed by atoms with Gasteiger partial charge in [0.15, 0.2) is 0 Å². The van der Waals surface area contributed by atoms with Gasteiger partial charge >= 0.3 is 0 Å². The molecule has 1 saturated heterocycles. The van der Waals surface area contributed by atoms with Crippen LogP contribution >= 0.6 is 0 Å². The van der Waals surface area contributed by atoms with Gasteiger partial charge in [-0.25, -0.2) is 0 Å². The second-order valence-electron chi connectivity index (χ2n) is 7.59. The number of hydrogen-bond acceptors (Lipinski definition) is 3. The Hall–Kier alpha value is -0.900. The zero-order chi connectivity index (χ0) is 16.0. The van der Waals surface area contributed by atoms with Crippen LogP contribution in [-0.2, 0) is 9.59 Å². The van der Waals surface area contributed by atoms with Crippen LogP contribution in [0.4, 0.5) is 0 Å². The first-order valence-electron chi connectivity index (χ1n) is 9.01. The Morgan fingerprint density at radius 2 is 1.86 bits per heavy atom. The highest BCUT2D eigenvalue weighted by atomic mass is 16.2. The number of unbranched alkanes of at least 4 members (excludes halogenated alkanes) is 1. The van der Waals surface area contributed by atoms with Crippen molar-refractivity contribution >= 4 is 12.2 Å². The van der Waals surface area contributed by atoms with Gasteiger partial charge in [0.2, 0.25) is 5.91 Å². The smallest absolute Gasteiger partial charge is 0.223 e. The van der Waals surface area contributed by atoms with E-state index >= 15 is 0 Å². The number of carbonyl (C=O) groups is 2. The van der Waals surface area contributed by atoms with E-state index < -0.39 is 0 Å². The molecule has 0 atom stereocenters. The number of piperidine rings is 1. The summed E-state index contributed by atoms with van der Waals surface area (Å²) in [6.45, 7) is 7.46. The van der Waals surface area contributed by atoms with E-state index in [1.54, 1.807) is 0 Å². The summed E-state index contributed by atoms with van der Waals surface area (Å²) in [6, 6.07) is 0.248. The predicted molar refractivity (Wildman–Crippen MR) is 88.6 cm³/mol. The fourth-order valence-corrected chi connectivity index (χ4v) is 4.04. The van der Waals surface area contributed by atoms with E-state index in [-0.39, 0.29) is 17.9 Å². The van der Waals surface area contributed by atoms with Crippen LogP contribution in [-0.4, -0.2) is 42.8 Å². The van der Waals surface area contributed by atoms with Crippen LogP contribution in [0.3, 0.4) is 0 Å². The summed E-state index contributed by atoms with van der Waals surface area (Å²) in [5.74, 6) is 0.495. The molecular weight excluding hydrogens is 276 g/mol. The molecule has 2 aliphatic rings. The third-order valence-corrected chi connectivity index (χ3v) is 5.56. The molecule has 0 aromatic heterocycles. The molecule has 0 radical (unpaired) electrons. The molecule has 1 heterocycles. The van der Waals surface area contributed by atoms with E-state index in [1.165, 1.54) is 38.8 Å². The van der Waals surface area contributed by atoms with Crippen LogP contribution in [0, 0.1) is 11.3 Å². The lowest BCUT2D eigenvalue weighted by molar-refractivity contribution is -0.127. The maximum Gasteiger partial charge on any atom is 0.223 e. The molecule has 1 amide bonds. The fraction of sp³-hybridized carbons (Fsp3) is 0.889. The van der Waals surface area contributed by atoms with Gasteiger partial charge in [0, 0.05) is 18.4 Å². The Bertz CT molecular complexity index is 363. The minimum absolute atomic E-state index is 0.235. The Balaban J connectivity index is 1.72. The normalized spacial score (nSPS) is 22.9. The molecule has 1 aliphatic carbocycles. The molecule has 0 bridgehead atoms. The standard InChI is InChI=1S/C18H32N2O2/c1-15(2)19-17(22)16-5-7-18(8-6-16)9-12-20(13-10-18)11-3-4-14-21/h14-16H,3-13H2,1-2H3,(H,19,22). The first-order valence-corrected chi connectivity index (χ1v) is 9.01. The lowest BCUT2D eigenvalue weighted by Crippen LogP contribution is -2.44. The van der Waals surface area contributed by atoms with Crippen molar-refractivity contribution < 1.29 is 9.59 Å². The van der Waals surface area contributed by atoms with Gasteiger partial charge in [0.05, 0.1) is 0 Å². The summed E-state index contributed by atoms with van der Waals surface area (Å²) in [6.07, 6.45) is 9.79. The van der Waals surface area contributed by atoms with Gasteiger partial charge in [0.1, 0.15) is 6.29 Å². The third kappa shape index (κ3) is 4.80. The largest absolute Gasteiger partial charge is 0.354 e. The maximum absolute atomic E-state index is 12.1. The van der Waals surface area contributed by atoms with Crippen molar-refractivity contribution in [3.8, 4) is 0 Å². The molecule has 2 rings (SSSR count). The summed E-state index contributed by atoms with van der Waals surface area (Å²) in [5.41, 5.74) is 0.496. The average molecular weight is 308 g/mol. The molecule has 1 N–H and O–H groups in total. The van der Waals surface area contributed by atoms with Gasteiger partial charge in [-0.3, -0.25) is 4.79 Å². The molecule has 126 valence electrons. The number of amides is 1. The van der Waals surface area contributed by atoms with Crippen LogP contribution in [0.25, 0.3) is 0 Å². The summed E-state index contributed by atoms with van der Waals surface area (Å²) < 4.78 is 0. The predicted octanol–water partition coefficient (Wildman–Crippen LogP) is 2.76. The SMILES string of the molecule is CC(C)NC(=O)C1CCC2(CC1)CCN(CCCC=O)CC2. The van der Waals surface area contributed by atoms with Crippen LogP contribution in [0.5, 0.6) is 0 Å². The maximum atomic E-state index is 12.1. The van der Waals surface area contributed by atoms with Crippen molar-refractivity contribution in [2.24, 2.45) is 11.3 Å². The molecule has 4 nitrogen and oxygen atoms in total. The van der Waals surface area contributed by atoms with E-state index in [0.29, 0.717) is 11.8 Å². The summed E-state index contributed by atoms with van der Waals surface area (Å²) in [4.78, 5) is 25.0. The fourth-order valence-electron chi connectivity index (χ4n) is 4.04. The second kappa shape index (κ2) is 8.09. The lowest BCUT2D eigenvalue weighted by Gasteiger charge is -2.45. The molecule has 22 heavy (non-hydrogen) atoms. The molecule has 2 fully saturated rings. The topological polar surface area (TPSA) is 49.4 Å². The molecular formula is C18H32N2O2. The molecule has 1 aliphatic heterocycles. The van der Waals surface area contributed by atoms with Gasteiger partial charge in [-0.05, 0) is 83.8 Å².